The van der Waals surface area contributed by atoms with Crippen LogP contribution in [0.25, 0.3) is 10.8 Å². The topological polar surface area (TPSA) is 6.48 Å². The number of hydrogen-bond acceptors (Lipinski definition) is 2. The third-order valence-electron chi connectivity index (χ3n) is 3.14. The van der Waals surface area contributed by atoms with E-state index in [9.17, 15) is 0 Å². The quantitative estimate of drug-likeness (QED) is 0.790. The summed E-state index contributed by atoms with van der Waals surface area (Å²) in [6.07, 6.45) is 4.26. The van der Waals surface area contributed by atoms with Crippen molar-refractivity contribution >= 4 is 10.8 Å². The molecule has 0 atom stereocenters. The molecule has 0 spiro atoms. The van der Waals surface area contributed by atoms with Gasteiger partial charge in [0.05, 0.1) is 6.67 Å². The standard InChI is InChI=1S/C15H16N2.CH4/c1-16-8-9-17(12-16)11-13-6-7-14-4-2-3-5-15(14)10-13;/h2-10H,11-12H2,1H3;1H4. The van der Waals surface area contributed by atoms with Gasteiger partial charge in [-0.2, -0.15) is 0 Å². The van der Waals surface area contributed by atoms with Crippen LogP contribution in [0.1, 0.15) is 13.0 Å². The van der Waals surface area contributed by atoms with E-state index in [-0.39, 0.29) is 7.43 Å². The predicted molar refractivity (Wildman–Crippen MR) is 78.0 cm³/mol. The molecule has 0 fully saturated rings. The van der Waals surface area contributed by atoms with Crippen LogP contribution in [0.15, 0.2) is 54.9 Å². The molecule has 0 aromatic heterocycles. The summed E-state index contributed by atoms with van der Waals surface area (Å²) >= 11 is 0. The highest BCUT2D eigenvalue weighted by atomic mass is 15.3. The maximum absolute atomic E-state index is 2.31. The van der Waals surface area contributed by atoms with Gasteiger partial charge in [-0.25, -0.2) is 0 Å². The Labute approximate surface area is 109 Å². The van der Waals surface area contributed by atoms with Crippen LogP contribution in [-0.2, 0) is 6.54 Å². The molecule has 1 heterocycles. The third kappa shape index (κ3) is 2.48. The zero-order valence-corrected chi connectivity index (χ0v) is 10.0. The molecule has 18 heavy (non-hydrogen) atoms. The van der Waals surface area contributed by atoms with E-state index in [0.717, 1.165) is 13.2 Å². The maximum atomic E-state index is 2.31. The van der Waals surface area contributed by atoms with Crippen molar-refractivity contribution in [3.05, 3.63) is 60.4 Å². The highest BCUT2D eigenvalue weighted by Gasteiger charge is 2.08. The molecule has 94 valence electrons. The van der Waals surface area contributed by atoms with Gasteiger partial charge in [-0.15, -0.1) is 0 Å². The van der Waals surface area contributed by atoms with Crippen LogP contribution in [0.5, 0.6) is 0 Å². The second-order valence-corrected chi connectivity index (χ2v) is 4.62. The predicted octanol–water partition coefficient (Wildman–Crippen LogP) is 3.65. The minimum Gasteiger partial charge on any atom is -0.362 e. The molecule has 2 aromatic rings. The molecule has 0 unspecified atom stereocenters. The SMILES string of the molecule is C.CN1C=CN(Cc2ccc3ccccc3c2)C1. The van der Waals surface area contributed by atoms with Crippen molar-refractivity contribution < 1.29 is 0 Å². The van der Waals surface area contributed by atoms with Crippen LogP contribution in [0.2, 0.25) is 0 Å². The number of fused-ring (bicyclic) bond motifs is 1. The first kappa shape index (κ1) is 12.5. The van der Waals surface area contributed by atoms with Gasteiger partial charge >= 0.3 is 0 Å². The van der Waals surface area contributed by atoms with E-state index in [2.05, 4.69) is 71.7 Å². The summed E-state index contributed by atoms with van der Waals surface area (Å²) < 4.78 is 0. The van der Waals surface area contributed by atoms with E-state index in [1.807, 2.05) is 0 Å². The first-order chi connectivity index (χ1) is 8.31. The Kier molecular flexibility index (Phi) is 3.56. The highest BCUT2D eigenvalue weighted by molar-refractivity contribution is 5.82. The molecule has 2 heteroatoms. The summed E-state index contributed by atoms with van der Waals surface area (Å²) in [5, 5.41) is 2.63. The second-order valence-electron chi connectivity index (χ2n) is 4.62. The van der Waals surface area contributed by atoms with E-state index in [0.29, 0.717) is 0 Å². The van der Waals surface area contributed by atoms with E-state index in [1.165, 1.54) is 16.3 Å². The first-order valence-electron chi connectivity index (χ1n) is 5.91. The molecule has 1 aliphatic heterocycles. The fourth-order valence-corrected chi connectivity index (χ4v) is 2.26. The minimum absolute atomic E-state index is 0. The van der Waals surface area contributed by atoms with Crippen LogP contribution in [0.4, 0.5) is 0 Å². The summed E-state index contributed by atoms with van der Waals surface area (Å²) in [4.78, 5) is 4.49. The summed E-state index contributed by atoms with van der Waals surface area (Å²) in [6, 6.07) is 15.2. The van der Waals surface area contributed by atoms with Gasteiger partial charge in [0.15, 0.2) is 0 Å². The van der Waals surface area contributed by atoms with Crippen molar-refractivity contribution in [2.75, 3.05) is 13.7 Å². The Morgan fingerprint density at radius 2 is 1.78 bits per heavy atom. The molecule has 0 saturated carbocycles. The molecule has 0 radical (unpaired) electrons. The van der Waals surface area contributed by atoms with Gasteiger partial charge in [0.25, 0.3) is 0 Å². The molecule has 0 aliphatic carbocycles. The molecule has 1 aliphatic rings. The van der Waals surface area contributed by atoms with Gasteiger partial charge in [-0.3, -0.25) is 0 Å². The Hall–Kier alpha value is -1.96. The minimum atomic E-state index is 0. The van der Waals surface area contributed by atoms with Crippen LogP contribution in [-0.4, -0.2) is 23.5 Å². The van der Waals surface area contributed by atoms with Gasteiger partial charge in [0, 0.05) is 26.0 Å². The number of nitrogens with zero attached hydrogens (tertiary/aromatic N) is 2. The van der Waals surface area contributed by atoms with Gasteiger partial charge in [0.2, 0.25) is 0 Å². The van der Waals surface area contributed by atoms with Crippen molar-refractivity contribution in [2.45, 2.75) is 14.0 Å². The maximum Gasteiger partial charge on any atom is 0.0894 e. The van der Waals surface area contributed by atoms with E-state index >= 15 is 0 Å². The smallest absolute Gasteiger partial charge is 0.0894 e. The van der Waals surface area contributed by atoms with E-state index in [4.69, 9.17) is 0 Å². The monoisotopic (exact) mass is 240 g/mol. The van der Waals surface area contributed by atoms with Gasteiger partial charge in [-0.05, 0) is 22.4 Å². The normalized spacial score (nSPS) is 14.1. The van der Waals surface area contributed by atoms with Crippen molar-refractivity contribution in [3.8, 4) is 0 Å². The fraction of sp³-hybridized carbons (Fsp3) is 0.250. The lowest BCUT2D eigenvalue weighted by atomic mass is 10.1. The Balaban J connectivity index is 0.00000120. The Morgan fingerprint density at radius 1 is 1.00 bits per heavy atom. The van der Waals surface area contributed by atoms with Crippen LogP contribution < -0.4 is 0 Å². The van der Waals surface area contributed by atoms with Gasteiger partial charge in [0.1, 0.15) is 0 Å². The Morgan fingerprint density at radius 3 is 2.50 bits per heavy atom. The molecular formula is C16H20N2. The lowest BCUT2D eigenvalue weighted by Crippen LogP contribution is -2.21. The lowest BCUT2D eigenvalue weighted by Gasteiger charge is -2.18. The number of rotatable bonds is 2. The lowest BCUT2D eigenvalue weighted by molar-refractivity contribution is 0.291. The summed E-state index contributed by atoms with van der Waals surface area (Å²) in [6.45, 7) is 1.96. The molecule has 2 nitrogen and oxygen atoms in total. The summed E-state index contributed by atoms with van der Waals surface area (Å²) in [5.74, 6) is 0. The highest BCUT2D eigenvalue weighted by Crippen LogP contribution is 2.18. The summed E-state index contributed by atoms with van der Waals surface area (Å²) in [7, 11) is 2.09. The Bertz CT molecular complexity index is 560. The van der Waals surface area contributed by atoms with Crippen molar-refractivity contribution in [1.29, 1.82) is 0 Å². The second kappa shape index (κ2) is 5.13. The van der Waals surface area contributed by atoms with E-state index in [1.54, 1.807) is 0 Å². The molecule has 3 rings (SSSR count). The van der Waals surface area contributed by atoms with Crippen molar-refractivity contribution in [3.63, 3.8) is 0 Å². The molecule has 2 aromatic carbocycles. The van der Waals surface area contributed by atoms with Gasteiger partial charge < -0.3 is 9.80 Å². The molecular weight excluding hydrogens is 220 g/mol. The van der Waals surface area contributed by atoms with Crippen molar-refractivity contribution in [1.82, 2.24) is 9.80 Å². The van der Waals surface area contributed by atoms with E-state index < -0.39 is 0 Å². The molecule has 0 amide bonds. The average Bonchev–Trinajstić information content (AvgIpc) is 2.75. The van der Waals surface area contributed by atoms with Crippen LogP contribution >= 0.6 is 0 Å². The van der Waals surface area contributed by atoms with Crippen molar-refractivity contribution in [2.24, 2.45) is 0 Å². The first-order valence-corrected chi connectivity index (χ1v) is 5.91. The molecule has 0 bridgehead atoms. The number of benzene rings is 2. The average molecular weight is 240 g/mol. The summed E-state index contributed by atoms with van der Waals surface area (Å²) in [5.41, 5.74) is 1.36. The largest absolute Gasteiger partial charge is 0.362 e. The third-order valence-corrected chi connectivity index (χ3v) is 3.14. The van der Waals surface area contributed by atoms with Crippen LogP contribution in [0.3, 0.4) is 0 Å². The zero-order chi connectivity index (χ0) is 11.7. The molecule has 0 N–H and O–H groups in total. The van der Waals surface area contributed by atoms with Gasteiger partial charge in [-0.1, -0.05) is 43.8 Å². The fourth-order valence-electron chi connectivity index (χ4n) is 2.26. The molecule has 0 saturated heterocycles. The zero-order valence-electron chi connectivity index (χ0n) is 10.0. The number of hydrogen-bond donors (Lipinski definition) is 0. The van der Waals surface area contributed by atoms with Crippen LogP contribution in [0, 0.1) is 0 Å².